The second-order valence-electron chi connectivity index (χ2n) is 15.2. The first kappa shape index (κ1) is 54.2. The molecule has 0 saturated carbocycles. The van der Waals surface area contributed by atoms with Crippen LogP contribution in [0.2, 0.25) is 0 Å². The Kier molecular flexibility index (Phi) is 40.0. The lowest BCUT2D eigenvalue weighted by Gasteiger charge is -2.20. The molecule has 0 rings (SSSR count). The van der Waals surface area contributed by atoms with E-state index in [2.05, 4.69) is 50.3 Å². The predicted octanol–water partition coefficient (Wildman–Crippen LogP) is 12.5. The van der Waals surface area contributed by atoms with Crippen LogP contribution in [0.4, 0.5) is 0 Å². The molecule has 10 nitrogen and oxygen atoms in total. The molecule has 0 aliphatic carbocycles. The van der Waals surface area contributed by atoms with Crippen LogP contribution in [0.15, 0.2) is 36.5 Å². The highest BCUT2D eigenvalue weighted by Gasteiger charge is 2.27. The number of unbranched alkanes of at least 4 members (excludes halogenated alkanes) is 23. The highest BCUT2D eigenvalue weighted by atomic mass is 31.2. The molecule has 0 saturated heterocycles. The molecule has 56 heavy (non-hydrogen) atoms. The van der Waals surface area contributed by atoms with Gasteiger partial charge in [-0.1, -0.05) is 185 Å². The maximum absolute atomic E-state index is 12.6. The summed E-state index contributed by atoms with van der Waals surface area (Å²) in [7, 11) is -4.62. The smallest absolute Gasteiger partial charge is 0.472 e. The average molecular weight is 814 g/mol. The van der Waals surface area contributed by atoms with E-state index in [4.69, 9.17) is 29.4 Å². The maximum atomic E-state index is 12.6. The number of phosphoric acid groups is 1. The summed E-state index contributed by atoms with van der Waals surface area (Å²) < 4.78 is 33.4. The van der Waals surface area contributed by atoms with E-state index in [1.165, 1.54) is 116 Å². The Morgan fingerprint density at radius 2 is 1.04 bits per heavy atom. The monoisotopic (exact) mass is 814 g/mol. The third kappa shape index (κ3) is 40.4. The van der Waals surface area contributed by atoms with Crippen LogP contribution in [0.3, 0.4) is 0 Å². The van der Waals surface area contributed by atoms with Crippen LogP contribution >= 0.6 is 7.82 Å². The van der Waals surface area contributed by atoms with E-state index in [1.54, 1.807) is 0 Å². The molecule has 0 spiro atoms. The largest absolute Gasteiger partial charge is 0.480 e. The Hall–Kier alpha value is -1.81. The number of rotatable bonds is 43. The number of hydrogen-bond acceptors (Lipinski definition) is 8. The van der Waals surface area contributed by atoms with Gasteiger partial charge in [0.1, 0.15) is 12.1 Å². The average Bonchev–Trinajstić information content (AvgIpc) is 3.18. The number of nitrogens with two attached hydrogens (primary N) is 1. The normalized spacial score (nSPS) is 14.2. The van der Waals surface area contributed by atoms with Crippen LogP contribution in [0, 0.1) is 0 Å². The molecule has 0 aromatic rings. The van der Waals surface area contributed by atoms with Crippen molar-refractivity contribution >= 4 is 19.8 Å². The molecule has 3 atom stereocenters. The van der Waals surface area contributed by atoms with E-state index >= 15 is 0 Å². The number of hydrogen-bond donors (Lipinski definition) is 3. The maximum Gasteiger partial charge on any atom is 0.472 e. The number of phosphoric ester groups is 1. The Bertz CT molecular complexity index is 1040. The molecule has 0 amide bonds. The van der Waals surface area contributed by atoms with Gasteiger partial charge in [-0.15, -0.1) is 0 Å². The van der Waals surface area contributed by atoms with E-state index in [9.17, 15) is 19.0 Å². The molecule has 4 N–H and O–H groups in total. The van der Waals surface area contributed by atoms with Crippen molar-refractivity contribution in [1.82, 2.24) is 0 Å². The van der Waals surface area contributed by atoms with E-state index < -0.39 is 45.1 Å². The number of carboxylic acids is 1. The number of carbonyl (C=O) groups is 2. The van der Waals surface area contributed by atoms with Gasteiger partial charge in [-0.25, -0.2) is 4.57 Å². The molecule has 0 fully saturated rings. The van der Waals surface area contributed by atoms with Crippen LogP contribution in [-0.2, 0) is 32.7 Å². The summed E-state index contributed by atoms with van der Waals surface area (Å²) in [6, 6.07) is -1.47. The fourth-order valence-corrected chi connectivity index (χ4v) is 6.99. The van der Waals surface area contributed by atoms with E-state index in [-0.39, 0.29) is 13.0 Å². The molecule has 0 aliphatic rings. The lowest BCUT2D eigenvalue weighted by Crippen LogP contribution is -2.34. The Morgan fingerprint density at radius 3 is 1.55 bits per heavy atom. The molecular weight excluding hydrogens is 729 g/mol. The first-order valence-electron chi connectivity index (χ1n) is 22.5. The van der Waals surface area contributed by atoms with Crippen LogP contribution in [0.1, 0.15) is 200 Å². The van der Waals surface area contributed by atoms with Crippen LogP contribution in [0.5, 0.6) is 0 Å². The summed E-state index contributed by atoms with van der Waals surface area (Å²) in [4.78, 5) is 33.6. The number of esters is 1. The van der Waals surface area contributed by atoms with Gasteiger partial charge in [0.2, 0.25) is 0 Å². The third-order valence-corrected chi connectivity index (χ3v) is 10.6. The minimum absolute atomic E-state index is 0.0143. The summed E-state index contributed by atoms with van der Waals surface area (Å²) in [5, 5.41) is 8.90. The molecule has 0 aliphatic heterocycles. The van der Waals surface area contributed by atoms with E-state index in [0.29, 0.717) is 13.0 Å². The Morgan fingerprint density at radius 1 is 0.589 bits per heavy atom. The summed E-state index contributed by atoms with van der Waals surface area (Å²) in [5.74, 6) is -1.78. The zero-order valence-electron chi connectivity index (χ0n) is 35.7. The van der Waals surface area contributed by atoms with Gasteiger partial charge in [-0.2, -0.15) is 0 Å². The first-order valence-corrected chi connectivity index (χ1v) is 24.0. The summed E-state index contributed by atoms with van der Waals surface area (Å²) in [6.07, 6.45) is 46.2. The fourth-order valence-electron chi connectivity index (χ4n) is 6.21. The highest BCUT2D eigenvalue weighted by molar-refractivity contribution is 7.47. The van der Waals surface area contributed by atoms with Gasteiger partial charge >= 0.3 is 19.8 Å². The predicted molar refractivity (Wildman–Crippen MR) is 231 cm³/mol. The van der Waals surface area contributed by atoms with Crippen molar-refractivity contribution in [2.75, 3.05) is 26.4 Å². The van der Waals surface area contributed by atoms with Crippen molar-refractivity contribution in [1.29, 1.82) is 0 Å². The number of carbonyl (C=O) groups excluding carboxylic acids is 1. The van der Waals surface area contributed by atoms with Crippen molar-refractivity contribution < 1.29 is 42.7 Å². The number of ether oxygens (including phenoxy) is 2. The van der Waals surface area contributed by atoms with Crippen molar-refractivity contribution in [2.24, 2.45) is 5.73 Å². The summed E-state index contributed by atoms with van der Waals surface area (Å²) in [5.41, 5.74) is 5.36. The van der Waals surface area contributed by atoms with Crippen molar-refractivity contribution in [2.45, 2.75) is 212 Å². The second kappa shape index (κ2) is 41.4. The van der Waals surface area contributed by atoms with E-state index in [1.807, 2.05) is 0 Å². The molecule has 0 aromatic carbocycles. The zero-order valence-corrected chi connectivity index (χ0v) is 36.6. The van der Waals surface area contributed by atoms with Gasteiger partial charge in [-0.3, -0.25) is 18.6 Å². The molecule has 11 heteroatoms. The quantitative estimate of drug-likeness (QED) is 0.0234. The number of carboxylic acid groups (broad SMARTS) is 1. The summed E-state index contributed by atoms with van der Waals surface area (Å²) >= 11 is 0. The molecular formula is C45H84NO9P. The summed E-state index contributed by atoms with van der Waals surface area (Å²) in [6.45, 7) is 3.78. The lowest BCUT2D eigenvalue weighted by atomic mass is 10.0. The Labute approximate surface area is 342 Å². The van der Waals surface area contributed by atoms with Crippen LogP contribution < -0.4 is 5.73 Å². The van der Waals surface area contributed by atoms with E-state index in [0.717, 1.165) is 57.8 Å². The lowest BCUT2D eigenvalue weighted by molar-refractivity contribution is -0.154. The van der Waals surface area contributed by atoms with Gasteiger partial charge in [0.05, 0.1) is 19.8 Å². The van der Waals surface area contributed by atoms with Gasteiger partial charge in [0, 0.05) is 13.0 Å². The van der Waals surface area contributed by atoms with Gasteiger partial charge < -0.3 is 25.2 Å². The first-order chi connectivity index (χ1) is 27.2. The van der Waals surface area contributed by atoms with Gasteiger partial charge in [-0.05, 0) is 44.9 Å². The second-order valence-corrected chi connectivity index (χ2v) is 16.6. The van der Waals surface area contributed by atoms with Crippen molar-refractivity contribution in [3.8, 4) is 0 Å². The van der Waals surface area contributed by atoms with Crippen LogP contribution in [-0.4, -0.2) is 60.5 Å². The molecule has 328 valence electrons. The van der Waals surface area contributed by atoms with Crippen molar-refractivity contribution in [3.05, 3.63) is 36.5 Å². The third-order valence-electron chi connectivity index (χ3n) is 9.68. The highest BCUT2D eigenvalue weighted by Crippen LogP contribution is 2.43. The topological polar surface area (TPSA) is 155 Å². The minimum atomic E-state index is -4.62. The number of aliphatic carboxylic acids is 1. The standard InChI is InChI=1S/C45H84NO9P/c1-3-5-7-9-11-13-15-17-19-21-22-24-26-28-30-32-34-36-38-52-39-42(40-53-56(50,51)54-41-43(46)45(48)49)55-44(47)37-35-33-31-29-27-25-23-20-18-16-14-12-10-8-6-4-2/h5,7,11,13,17,19,42-43H,3-4,6,8-10,12,14-16,18,20-41,46H2,1-2H3,(H,48,49)(H,50,51)/b7-5-,13-11-,19-17-. The van der Waals surface area contributed by atoms with Gasteiger partial charge in [0.25, 0.3) is 0 Å². The molecule has 0 aromatic heterocycles. The SMILES string of the molecule is CC/C=C\C/C=C\C/C=C\CCCCCCCCCCOCC(COP(=O)(O)OCC(N)C(=O)O)OC(=O)CCCCCCCCCCCCCCCCCC. The molecule has 0 heterocycles. The Balaban J connectivity index is 4.21. The fraction of sp³-hybridized carbons (Fsp3) is 0.822. The van der Waals surface area contributed by atoms with Gasteiger partial charge in [0.15, 0.2) is 0 Å². The molecule has 0 radical (unpaired) electrons. The zero-order chi connectivity index (χ0) is 41.2. The van der Waals surface area contributed by atoms with Crippen molar-refractivity contribution in [3.63, 3.8) is 0 Å². The number of allylic oxidation sites excluding steroid dienone is 6. The molecule has 0 bridgehead atoms. The minimum Gasteiger partial charge on any atom is -0.480 e. The molecule has 3 unspecified atom stereocenters. The van der Waals surface area contributed by atoms with Crippen LogP contribution in [0.25, 0.3) is 0 Å².